The van der Waals surface area contributed by atoms with Crippen LogP contribution in [-0.2, 0) is 0 Å². The second kappa shape index (κ2) is 19.6. The topological polar surface area (TPSA) is 234 Å². The highest BCUT2D eigenvalue weighted by molar-refractivity contribution is 6.06. The Bertz CT molecular complexity index is 4090. The van der Waals surface area contributed by atoms with E-state index < -0.39 is 0 Å². The first-order valence-electron chi connectivity index (χ1n) is 31.4. The maximum atomic E-state index is 5.56. The van der Waals surface area contributed by atoms with Crippen LogP contribution in [0.3, 0.4) is 0 Å². The Morgan fingerprint density at radius 3 is 1.09 bits per heavy atom. The fourth-order valence-electron chi connectivity index (χ4n) is 18.2. The molecule has 10 aliphatic rings. The number of benzene rings is 4. The molecule has 18 heteroatoms. The molecule has 4 saturated carbocycles. The molecular formula is C64H74N18. The van der Waals surface area contributed by atoms with E-state index in [0.717, 1.165) is 73.9 Å². The molecule has 18 rings (SSSR count). The first-order chi connectivity index (χ1) is 40.6. The third-order valence-corrected chi connectivity index (χ3v) is 21.9. The van der Waals surface area contributed by atoms with Gasteiger partial charge in [0, 0.05) is 43.6 Å². The predicted molar refractivity (Wildman–Crippen MR) is 317 cm³/mol. The second-order valence-electron chi connectivity index (χ2n) is 26.0. The smallest absolute Gasteiger partial charge is 0.144 e. The van der Waals surface area contributed by atoms with Crippen LogP contribution in [0.15, 0.2) is 121 Å². The summed E-state index contributed by atoms with van der Waals surface area (Å²) in [5.41, 5.74) is 3.57. The second-order valence-corrected chi connectivity index (χ2v) is 26.0. The number of azo groups is 1. The molecule has 17 atom stereocenters. The molecule has 4 aromatic carbocycles. The SMILES string of the molecule is c1ccc2c3[nH]c(c2c1)N=c1[nH]c(c2ccccc12)=Nc1[nH]c(c2c(N=NC4CCCC5C6NC7NC(NC8NC(NC9NC(NC(N6)C45)C4CCCCC94)C4CCCCC84)C4CCCCC74)cccc12)N=c1[nH]c(c2ccccc12)=N3. The molecule has 16 bridgehead atoms. The lowest BCUT2D eigenvalue weighted by molar-refractivity contribution is 0.155. The molecule has 18 nitrogen and oxygen atoms in total. The Morgan fingerprint density at radius 1 is 0.305 bits per heavy atom. The number of H-pyrrole nitrogens is 4. The van der Waals surface area contributed by atoms with Crippen molar-refractivity contribution >= 4 is 72.0 Å². The number of aromatic amines is 4. The van der Waals surface area contributed by atoms with E-state index in [0.29, 0.717) is 93.2 Å². The third-order valence-electron chi connectivity index (χ3n) is 21.9. The Kier molecular flexibility index (Phi) is 11.7. The summed E-state index contributed by atoms with van der Waals surface area (Å²) in [4.78, 5) is 36.1. The highest BCUT2D eigenvalue weighted by atomic mass is 15.4. The number of nitrogens with one attached hydrogen (secondary N) is 12. The van der Waals surface area contributed by atoms with E-state index in [1.54, 1.807) is 0 Å². The predicted octanol–water partition coefficient (Wildman–Crippen LogP) is 8.41. The van der Waals surface area contributed by atoms with E-state index in [1.807, 2.05) is 12.1 Å². The maximum Gasteiger partial charge on any atom is 0.144 e. The number of hydrogen-bond donors (Lipinski definition) is 12. The molecule has 6 aliphatic heterocycles. The Labute approximate surface area is 474 Å². The zero-order valence-electron chi connectivity index (χ0n) is 46.3. The highest BCUT2D eigenvalue weighted by Crippen LogP contribution is 2.48. The zero-order valence-corrected chi connectivity index (χ0v) is 46.3. The summed E-state index contributed by atoms with van der Waals surface area (Å²) >= 11 is 0. The average Bonchev–Trinajstić information content (AvgIpc) is 4.55. The van der Waals surface area contributed by atoms with E-state index in [4.69, 9.17) is 30.2 Å². The highest BCUT2D eigenvalue weighted by Gasteiger charge is 2.56. The van der Waals surface area contributed by atoms with Crippen LogP contribution >= 0.6 is 0 Å². The van der Waals surface area contributed by atoms with Gasteiger partial charge in [-0.25, -0.2) is 20.0 Å². The molecule has 4 aromatic heterocycles. The first kappa shape index (κ1) is 49.0. The van der Waals surface area contributed by atoms with Crippen molar-refractivity contribution in [3.05, 3.63) is 113 Å². The normalized spacial score (nSPS) is 35.9. The van der Waals surface area contributed by atoms with Gasteiger partial charge in [0.2, 0.25) is 0 Å². The van der Waals surface area contributed by atoms with Gasteiger partial charge in [0.05, 0.1) is 66.4 Å². The molecule has 4 aliphatic carbocycles. The fraction of sp³-hybridized carbons (Fsp3) is 0.500. The van der Waals surface area contributed by atoms with Crippen molar-refractivity contribution in [2.24, 2.45) is 77.5 Å². The minimum Gasteiger partial charge on any atom is -0.324 e. The molecule has 0 amide bonds. The molecule has 5 saturated heterocycles. The molecule has 17 unspecified atom stereocenters. The van der Waals surface area contributed by atoms with E-state index >= 15 is 0 Å². The molecule has 12 N–H and O–H groups in total. The lowest BCUT2D eigenvalue weighted by Gasteiger charge is -2.37. The molecule has 9 fully saturated rings. The van der Waals surface area contributed by atoms with Crippen molar-refractivity contribution in [3.8, 4) is 0 Å². The van der Waals surface area contributed by atoms with Crippen LogP contribution in [0.25, 0.3) is 43.1 Å². The van der Waals surface area contributed by atoms with Crippen molar-refractivity contribution in [2.45, 2.75) is 152 Å². The minimum atomic E-state index is -0.00620. The van der Waals surface area contributed by atoms with Gasteiger partial charge in [-0.1, -0.05) is 130 Å². The zero-order chi connectivity index (χ0) is 53.6. The summed E-state index contributed by atoms with van der Waals surface area (Å²) in [7, 11) is 0. The summed E-state index contributed by atoms with van der Waals surface area (Å²) in [5, 5.41) is 53.0. The standard InChI is InChI=1S/C64H74N18/c1-3-17-33-31(15-1)49-65-51(33)69-55-39-23-9-11-25-41(39)59(73-55)77-63-47-43(61(79-63)75-57-37-21-7-5-19-35(37)53(67-49)71-57)27-13-29-45(47)81-82-46-30-14-28-44-48(46)64-78-60-42-26-12-10-24-40(42)56(74-60)70-52-34-18-4-2-16-32(34)50(66-52)68-54-36-20-6-8-22-38(36)58(72-54)76-62(44)80-64/h1,3,5,7,9,11,13,15,17,19,21,23,25,27,29,32,34,36,38,40,42,44,46,48,50,52,54,56,58,60,62,64,66,68,70,72,74,76,78,80H,2,4,6,8,10,12,14,16,18,20,22,24,26,28,30H2,(H4,65,67,69,71,73,75,77,79). The lowest BCUT2D eigenvalue weighted by atomic mass is 9.75. The summed E-state index contributed by atoms with van der Waals surface area (Å²) in [6.45, 7) is 0. The third kappa shape index (κ3) is 7.95. The van der Waals surface area contributed by atoms with Crippen molar-refractivity contribution in [1.29, 1.82) is 0 Å². The van der Waals surface area contributed by atoms with Crippen LogP contribution in [0.2, 0.25) is 0 Å². The van der Waals surface area contributed by atoms with Gasteiger partial charge in [-0.15, -0.1) is 0 Å². The first-order valence-corrected chi connectivity index (χ1v) is 31.4. The van der Waals surface area contributed by atoms with Crippen LogP contribution in [0.1, 0.15) is 96.3 Å². The summed E-state index contributed by atoms with van der Waals surface area (Å²) in [5.74, 6) is 7.01. The Morgan fingerprint density at radius 2 is 0.646 bits per heavy atom. The van der Waals surface area contributed by atoms with Gasteiger partial charge >= 0.3 is 0 Å². The van der Waals surface area contributed by atoms with Gasteiger partial charge in [-0.2, -0.15) is 10.2 Å². The monoisotopic (exact) mass is 1090 g/mol. The van der Waals surface area contributed by atoms with E-state index in [-0.39, 0.29) is 49.0 Å². The van der Waals surface area contributed by atoms with Gasteiger partial charge in [0.15, 0.2) is 0 Å². The largest absolute Gasteiger partial charge is 0.324 e. The van der Waals surface area contributed by atoms with E-state index in [9.17, 15) is 0 Å². The van der Waals surface area contributed by atoms with Crippen molar-refractivity contribution < 1.29 is 0 Å². The number of rotatable bonds is 2. The number of aromatic nitrogens is 4. The molecule has 8 aromatic rings. The van der Waals surface area contributed by atoms with Crippen LogP contribution in [0, 0.1) is 47.3 Å². The fourth-order valence-corrected chi connectivity index (χ4v) is 18.2. The van der Waals surface area contributed by atoms with Crippen molar-refractivity contribution in [2.75, 3.05) is 0 Å². The van der Waals surface area contributed by atoms with Gasteiger partial charge in [0.25, 0.3) is 0 Å². The van der Waals surface area contributed by atoms with Crippen LogP contribution in [-0.4, -0.2) is 75.3 Å². The molecule has 0 spiro atoms. The van der Waals surface area contributed by atoms with Crippen molar-refractivity contribution in [3.63, 3.8) is 0 Å². The number of nitrogens with zero attached hydrogens (tertiary/aromatic N) is 6. The van der Waals surface area contributed by atoms with Crippen LogP contribution < -0.4 is 64.5 Å². The van der Waals surface area contributed by atoms with Gasteiger partial charge in [-0.05, 0) is 98.9 Å². The Balaban J connectivity index is 0.751. The molecule has 0 radical (unpaired) electrons. The van der Waals surface area contributed by atoms with Gasteiger partial charge in [-0.3, -0.25) is 42.5 Å². The van der Waals surface area contributed by atoms with Crippen LogP contribution in [0.5, 0.6) is 0 Å². The summed E-state index contributed by atoms with van der Waals surface area (Å²) < 4.78 is 0. The van der Waals surface area contributed by atoms with Gasteiger partial charge < -0.3 is 19.9 Å². The lowest BCUT2D eigenvalue weighted by Crippen LogP contribution is -2.62. The number of fused-ring (bicyclic) bond motifs is 40. The molecular weight excluding hydrogens is 1020 g/mol. The summed E-state index contributed by atoms with van der Waals surface area (Å²) in [6.07, 6.45) is 20.6. The molecule has 420 valence electrons. The van der Waals surface area contributed by atoms with Gasteiger partial charge in [0.1, 0.15) is 45.2 Å². The van der Waals surface area contributed by atoms with Crippen LogP contribution in [0.4, 0.5) is 29.0 Å². The van der Waals surface area contributed by atoms with E-state index in [1.165, 1.54) is 77.0 Å². The molecule has 82 heavy (non-hydrogen) atoms. The molecule has 10 heterocycles. The van der Waals surface area contributed by atoms with E-state index in [2.05, 4.69) is 141 Å². The number of hydrogen-bond acceptors (Lipinski definition) is 14. The van der Waals surface area contributed by atoms with Crippen molar-refractivity contribution in [1.82, 2.24) is 62.5 Å². The quantitative estimate of drug-likeness (QED) is 0.0750. The maximum absolute atomic E-state index is 5.56. The Hall–Kier alpha value is -6.48. The minimum absolute atomic E-state index is 0.00620. The average molecular weight is 1100 g/mol. The summed E-state index contributed by atoms with van der Waals surface area (Å²) in [6, 6.07) is 31.2.